The number of para-hydroxylation sites is 1. The Hall–Kier alpha value is -2.89. The van der Waals surface area contributed by atoms with E-state index < -0.39 is 6.61 Å². The summed E-state index contributed by atoms with van der Waals surface area (Å²) in [5.74, 6) is -0.230. The first-order valence-electron chi connectivity index (χ1n) is 8.64. The fraction of sp³-hybridized carbons (Fsp3) is 0.286. The topological polar surface area (TPSA) is 47.6 Å². The Morgan fingerprint density at radius 2 is 1.89 bits per heavy atom. The third-order valence-electron chi connectivity index (χ3n) is 3.95. The van der Waals surface area contributed by atoms with Crippen LogP contribution in [0.1, 0.15) is 24.5 Å². The molecule has 1 unspecified atom stereocenters. The molecule has 0 aliphatic carbocycles. The number of aryl methyl sites for hydroxylation is 1. The lowest BCUT2D eigenvalue weighted by Gasteiger charge is -2.13. The van der Waals surface area contributed by atoms with Crippen molar-refractivity contribution in [3.05, 3.63) is 65.7 Å². The van der Waals surface area contributed by atoms with Crippen LogP contribution in [0, 0.1) is 0 Å². The van der Waals surface area contributed by atoms with Crippen molar-refractivity contribution in [2.45, 2.75) is 32.4 Å². The zero-order valence-corrected chi connectivity index (χ0v) is 15.3. The maximum Gasteiger partial charge on any atom is 0.387 e. The van der Waals surface area contributed by atoms with Crippen LogP contribution in [0.3, 0.4) is 0 Å². The number of nitrogens with one attached hydrogen (secondary N) is 1. The second kappa shape index (κ2) is 10.3. The van der Waals surface area contributed by atoms with Crippen LogP contribution in [0.15, 0.2) is 54.6 Å². The highest BCUT2D eigenvalue weighted by molar-refractivity contribution is 5.92. The highest BCUT2D eigenvalue weighted by atomic mass is 19.3. The Morgan fingerprint density at radius 3 is 2.56 bits per heavy atom. The standard InChI is InChI=1S/C21H23F2NO3/c1-15(11-12-16-7-4-3-5-8-16)24-19(25)14-13-17-9-6-10-18(26-2)20(17)27-21(22)23/h3-10,13-15,21H,11-12H2,1-2H3,(H,24,25)/b14-13+. The van der Waals surface area contributed by atoms with E-state index in [0.29, 0.717) is 5.56 Å². The Labute approximate surface area is 157 Å². The number of ether oxygens (including phenoxy) is 2. The van der Waals surface area contributed by atoms with Crippen LogP contribution in [-0.4, -0.2) is 25.7 Å². The normalized spacial score (nSPS) is 12.2. The quantitative estimate of drug-likeness (QED) is 0.659. The van der Waals surface area contributed by atoms with Gasteiger partial charge in [-0.3, -0.25) is 4.79 Å². The SMILES string of the molecule is COc1cccc(/C=C/C(=O)NC(C)CCc2ccccc2)c1OC(F)F. The van der Waals surface area contributed by atoms with E-state index in [-0.39, 0.29) is 23.4 Å². The molecule has 0 spiro atoms. The number of benzene rings is 2. The number of carbonyl (C=O) groups excluding carboxylic acids is 1. The molecule has 1 N–H and O–H groups in total. The lowest BCUT2D eigenvalue weighted by molar-refractivity contribution is -0.117. The summed E-state index contributed by atoms with van der Waals surface area (Å²) < 4.78 is 34.8. The monoisotopic (exact) mass is 375 g/mol. The Morgan fingerprint density at radius 1 is 1.15 bits per heavy atom. The van der Waals surface area contributed by atoms with Crippen LogP contribution in [0.25, 0.3) is 6.08 Å². The van der Waals surface area contributed by atoms with Gasteiger partial charge in [-0.15, -0.1) is 0 Å². The van der Waals surface area contributed by atoms with Crippen molar-refractivity contribution in [3.8, 4) is 11.5 Å². The molecule has 0 fully saturated rings. The highest BCUT2D eigenvalue weighted by Gasteiger charge is 2.14. The first kappa shape index (κ1) is 20.4. The smallest absolute Gasteiger partial charge is 0.387 e. The number of amides is 1. The first-order valence-corrected chi connectivity index (χ1v) is 8.64. The number of carbonyl (C=O) groups is 1. The highest BCUT2D eigenvalue weighted by Crippen LogP contribution is 2.33. The molecule has 0 aromatic heterocycles. The van der Waals surface area contributed by atoms with Crippen molar-refractivity contribution in [3.63, 3.8) is 0 Å². The summed E-state index contributed by atoms with van der Waals surface area (Å²) in [7, 11) is 1.36. The van der Waals surface area contributed by atoms with E-state index in [1.165, 1.54) is 30.9 Å². The molecule has 0 saturated heterocycles. The largest absolute Gasteiger partial charge is 0.493 e. The van der Waals surface area contributed by atoms with Gasteiger partial charge in [0.2, 0.25) is 5.91 Å². The molecule has 27 heavy (non-hydrogen) atoms. The molecule has 0 radical (unpaired) electrons. The third kappa shape index (κ3) is 6.73. The van der Waals surface area contributed by atoms with Crippen molar-refractivity contribution in [1.29, 1.82) is 0 Å². The Kier molecular flexibility index (Phi) is 7.79. The van der Waals surface area contributed by atoms with Gasteiger partial charge < -0.3 is 14.8 Å². The van der Waals surface area contributed by atoms with Crippen molar-refractivity contribution in [1.82, 2.24) is 5.32 Å². The molecule has 0 saturated carbocycles. The minimum Gasteiger partial charge on any atom is -0.493 e. The zero-order valence-electron chi connectivity index (χ0n) is 15.3. The molecule has 0 heterocycles. The zero-order chi connectivity index (χ0) is 19.6. The molecule has 0 aliphatic rings. The molecule has 2 aromatic rings. The molecule has 1 atom stereocenters. The van der Waals surface area contributed by atoms with Crippen LogP contribution < -0.4 is 14.8 Å². The van der Waals surface area contributed by atoms with Gasteiger partial charge in [0.25, 0.3) is 0 Å². The lowest BCUT2D eigenvalue weighted by atomic mass is 10.1. The van der Waals surface area contributed by atoms with E-state index in [1.807, 2.05) is 37.3 Å². The van der Waals surface area contributed by atoms with Crippen molar-refractivity contribution >= 4 is 12.0 Å². The van der Waals surface area contributed by atoms with E-state index in [1.54, 1.807) is 12.1 Å². The van der Waals surface area contributed by atoms with Crippen LogP contribution in [0.5, 0.6) is 11.5 Å². The molecule has 2 rings (SSSR count). The predicted molar refractivity (Wildman–Crippen MR) is 101 cm³/mol. The molecular weight excluding hydrogens is 352 g/mol. The molecule has 2 aromatic carbocycles. The molecule has 0 aliphatic heterocycles. The summed E-state index contributed by atoms with van der Waals surface area (Å²) in [5.41, 5.74) is 1.54. The summed E-state index contributed by atoms with van der Waals surface area (Å²) in [5, 5.41) is 2.86. The second-order valence-corrected chi connectivity index (χ2v) is 6.02. The summed E-state index contributed by atoms with van der Waals surface area (Å²) in [6.07, 6.45) is 4.38. The minimum atomic E-state index is -2.99. The number of methoxy groups -OCH3 is 1. The van der Waals surface area contributed by atoms with Crippen LogP contribution >= 0.6 is 0 Å². The number of rotatable bonds is 9. The molecule has 4 nitrogen and oxygen atoms in total. The molecule has 144 valence electrons. The van der Waals surface area contributed by atoms with Gasteiger partial charge in [-0.05, 0) is 37.5 Å². The molecule has 1 amide bonds. The van der Waals surface area contributed by atoms with Gasteiger partial charge >= 0.3 is 6.61 Å². The summed E-state index contributed by atoms with van der Waals surface area (Å²) >= 11 is 0. The van der Waals surface area contributed by atoms with Crippen molar-refractivity contribution in [2.75, 3.05) is 7.11 Å². The van der Waals surface area contributed by atoms with E-state index in [0.717, 1.165) is 12.8 Å². The molecule has 6 heteroatoms. The molecular formula is C21H23F2NO3. The minimum absolute atomic E-state index is 0.0237. The second-order valence-electron chi connectivity index (χ2n) is 6.02. The van der Waals surface area contributed by atoms with Gasteiger partial charge in [-0.2, -0.15) is 8.78 Å². The average Bonchev–Trinajstić information content (AvgIpc) is 2.66. The summed E-state index contributed by atoms with van der Waals surface area (Å²) in [6, 6.07) is 14.7. The molecule has 0 bridgehead atoms. The number of halogens is 2. The van der Waals surface area contributed by atoms with Crippen LogP contribution in [0.2, 0.25) is 0 Å². The van der Waals surface area contributed by atoms with E-state index in [2.05, 4.69) is 10.1 Å². The van der Waals surface area contributed by atoms with Gasteiger partial charge in [0.1, 0.15) is 0 Å². The van der Waals surface area contributed by atoms with Gasteiger partial charge in [-0.25, -0.2) is 0 Å². The van der Waals surface area contributed by atoms with Gasteiger partial charge in [-0.1, -0.05) is 42.5 Å². The lowest BCUT2D eigenvalue weighted by Crippen LogP contribution is -2.31. The van der Waals surface area contributed by atoms with Gasteiger partial charge in [0.15, 0.2) is 11.5 Å². The van der Waals surface area contributed by atoms with E-state index in [9.17, 15) is 13.6 Å². The maximum atomic E-state index is 12.6. The number of alkyl halides is 2. The summed E-state index contributed by atoms with van der Waals surface area (Å²) in [6.45, 7) is -1.06. The third-order valence-corrected chi connectivity index (χ3v) is 3.95. The van der Waals surface area contributed by atoms with Gasteiger partial charge in [0.05, 0.1) is 7.11 Å². The van der Waals surface area contributed by atoms with E-state index in [4.69, 9.17) is 4.74 Å². The number of hydrogen-bond acceptors (Lipinski definition) is 3. The first-order chi connectivity index (χ1) is 13.0. The Bertz CT molecular complexity index is 763. The maximum absolute atomic E-state index is 12.6. The van der Waals surface area contributed by atoms with Crippen LogP contribution in [0.4, 0.5) is 8.78 Å². The average molecular weight is 375 g/mol. The Balaban J connectivity index is 1.95. The van der Waals surface area contributed by atoms with Gasteiger partial charge in [0, 0.05) is 17.7 Å². The van der Waals surface area contributed by atoms with E-state index >= 15 is 0 Å². The summed E-state index contributed by atoms with van der Waals surface area (Å²) in [4.78, 5) is 12.1. The van der Waals surface area contributed by atoms with Crippen molar-refractivity contribution in [2.24, 2.45) is 0 Å². The predicted octanol–water partition coefficient (Wildman–Crippen LogP) is 4.45. The number of hydrogen-bond donors (Lipinski definition) is 1. The van der Waals surface area contributed by atoms with Crippen LogP contribution in [-0.2, 0) is 11.2 Å². The fourth-order valence-electron chi connectivity index (χ4n) is 2.60. The fourth-order valence-corrected chi connectivity index (χ4v) is 2.60. The van der Waals surface area contributed by atoms with Crippen molar-refractivity contribution < 1.29 is 23.0 Å².